The van der Waals surface area contributed by atoms with Crippen LogP contribution >= 0.6 is 11.3 Å². The number of carbonyl (C=O) groups is 2. The Morgan fingerprint density at radius 1 is 1.28 bits per heavy atom. The van der Waals surface area contributed by atoms with E-state index in [1.54, 1.807) is 35.7 Å². The third kappa shape index (κ3) is 4.16. The van der Waals surface area contributed by atoms with Crippen molar-refractivity contribution in [3.63, 3.8) is 0 Å². The van der Waals surface area contributed by atoms with Gasteiger partial charge in [0.15, 0.2) is 11.7 Å². The summed E-state index contributed by atoms with van der Waals surface area (Å²) >= 11 is 1.14. The monoisotopic (exact) mass is 417 g/mol. The van der Waals surface area contributed by atoms with E-state index in [4.69, 9.17) is 4.74 Å². The minimum Gasteiger partial charge on any atom is -0.482 e. The lowest BCUT2D eigenvalue weighted by Crippen LogP contribution is -2.25. The van der Waals surface area contributed by atoms with Crippen LogP contribution in [0.15, 0.2) is 47.8 Å². The molecule has 0 radical (unpaired) electrons. The number of nitrogens with one attached hydrogen (secondary N) is 2. The molecule has 0 spiro atoms. The van der Waals surface area contributed by atoms with Crippen LogP contribution in [-0.2, 0) is 4.79 Å². The van der Waals surface area contributed by atoms with Crippen LogP contribution in [0.2, 0.25) is 0 Å². The lowest BCUT2D eigenvalue weighted by molar-refractivity contribution is -0.118. The number of aromatic nitrogens is 1. The van der Waals surface area contributed by atoms with E-state index in [-0.39, 0.29) is 23.4 Å². The van der Waals surface area contributed by atoms with Crippen LogP contribution in [-0.4, -0.2) is 30.0 Å². The van der Waals surface area contributed by atoms with E-state index in [9.17, 15) is 18.4 Å². The Balaban J connectivity index is 1.52. The SMILES string of the molecule is O=C1COc2ccc(C(=O)Nc3nc(-c4ccccc4OC(F)F)cs3)cc2N1. The molecule has 0 saturated carbocycles. The third-order valence-corrected chi connectivity index (χ3v) is 4.74. The Morgan fingerprint density at radius 3 is 2.93 bits per heavy atom. The van der Waals surface area contributed by atoms with Crippen molar-refractivity contribution < 1.29 is 27.8 Å². The predicted molar refractivity (Wildman–Crippen MR) is 103 cm³/mol. The lowest BCUT2D eigenvalue weighted by atomic mass is 10.1. The zero-order chi connectivity index (χ0) is 20.4. The smallest absolute Gasteiger partial charge is 0.387 e. The number of halogens is 2. The summed E-state index contributed by atoms with van der Waals surface area (Å²) in [7, 11) is 0. The average molecular weight is 417 g/mol. The molecule has 0 fully saturated rings. The molecule has 7 nitrogen and oxygen atoms in total. The largest absolute Gasteiger partial charge is 0.482 e. The molecule has 0 bridgehead atoms. The summed E-state index contributed by atoms with van der Waals surface area (Å²) in [5.41, 5.74) is 1.49. The topological polar surface area (TPSA) is 89.6 Å². The normalized spacial score (nSPS) is 12.7. The van der Waals surface area contributed by atoms with E-state index in [1.165, 1.54) is 12.1 Å². The van der Waals surface area contributed by atoms with Crippen molar-refractivity contribution in [2.24, 2.45) is 0 Å². The maximum absolute atomic E-state index is 12.6. The summed E-state index contributed by atoms with van der Waals surface area (Å²) < 4.78 is 35.0. The first kappa shape index (κ1) is 18.8. The Kier molecular flexibility index (Phi) is 5.09. The van der Waals surface area contributed by atoms with Gasteiger partial charge in [-0.3, -0.25) is 14.9 Å². The van der Waals surface area contributed by atoms with E-state index in [0.717, 1.165) is 11.3 Å². The molecule has 4 rings (SSSR count). The first-order valence-electron chi connectivity index (χ1n) is 8.37. The molecule has 1 aromatic heterocycles. The number of amides is 2. The number of rotatable bonds is 5. The summed E-state index contributed by atoms with van der Waals surface area (Å²) in [6.07, 6.45) is 0. The van der Waals surface area contributed by atoms with Crippen LogP contribution in [0.3, 0.4) is 0 Å². The number of alkyl halides is 2. The molecular formula is C19H13F2N3O4S. The molecule has 3 aromatic rings. The van der Waals surface area contributed by atoms with Crippen LogP contribution in [0.4, 0.5) is 19.6 Å². The number of thiazole rings is 1. The number of benzene rings is 2. The maximum Gasteiger partial charge on any atom is 0.387 e. The fourth-order valence-electron chi connectivity index (χ4n) is 2.73. The number of nitrogens with zero attached hydrogens (tertiary/aromatic N) is 1. The second kappa shape index (κ2) is 7.84. The van der Waals surface area contributed by atoms with Crippen molar-refractivity contribution in [3.05, 3.63) is 53.4 Å². The van der Waals surface area contributed by atoms with Gasteiger partial charge in [-0.2, -0.15) is 8.78 Å². The Morgan fingerprint density at radius 2 is 2.10 bits per heavy atom. The molecule has 2 amide bonds. The first-order valence-corrected chi connectivity index (χ1v) is 9.25. The van der Waals surface area contributed by atoms with Crippen molar-refractivity contribution in [2.45, 2.75) is 6.61 Å². The summed E-state index contributed by atoms with van der Waals surface area (Å²) in [6.45, 7) is -3.03. The van der Waals surface area contributed by atoms with Gasteiger partial charge in [0.1, 0.15) is 11.5 Å². The van der Waals surface area contributed by atoms with Gasteiger partial charge >= 0.3 is 6.61 Å². The minimum atomic E-state index is -2.96. The molecule has 0 unspecified atom stereocenters. The highest BCUT2D eigenvalue weighted by atomic mass is 32.1. The molecule has 2 heterocycles. The molecule has 1 aliphatic rings. The summed E-state index contributed by atoms with van der Waals surface area (Å²) in [4.78, 5) is 28.2. The first-order chi connectivity index (χ1) is 14.0. The van der Waals surface area contributed by atoms with Crippen LogP contribution in [0.1, 0.15) is 10.4 Å². The summed E-state index contributed by atoms with van der Waals surface area (Å²) in [5, 5.41) is 7.20. The number of fused-ring (bicyclic) bond motifs is 1. The quantitative estimate of drug-likeness (QED) is 0.655. The second-order valence-electron chi connectivity index (χ2n) is 5.91. The van der Waals surface area contributed by atoms with Gasteiger partial charge in [0.05, 0.1) is 11.4 Å². The molecule has 1 aliphatic heterocycles. The van der Waals surface area contributed by atoms with Gasteiger partial charge in [-0.1, -0.05) is 12.1 Å². The number of hydrogen-bond acceptors (Lipinski definition) is 6. The number of carbonyl (C=O) groups excluding carboxylic acids is 2. The van der Waals surface area contributed by atoms with Gasteiger partial charge in [0.25, 0.3) is 11.8 Å². The fraction of sp³-hybridized carbons (Fsp3) is 0.105. The standard InChI is InChI=1S/C19H13F2N3O4S/c20-18(21)28-14-4-2-1-3-11(14)13-9-29-19(23-13)24-17(26)10-5-6-15-12(7-10)22-16(25)8-27-15/h1-7,9,18H,8H2,(H,22,25)(H,23,24,26). The van der Waals surface area contributed by atoms with E-state index in [0.29, 0.717) is 28.3 Å². The highest BCUT2D eigenvalue weighted by Gasteiger charge is 2.19. The number of ether oxygens (including phenoxy) is 2. The van der Waals surface area contributed by atoms with Crippen molar-refractivity contribution in [1.29, 1.82) is 0 Å². The summed E-state index contributed by atoms with van der Waals surface area (Å²) in [5.74, 6) is -0.264. The molecule has 148 valence electrons. The van der Waals surface area contributed by atoms with E-state index in [1.807, 2.05) is 0 Å². The Bertz CT molecular complexity index is 1090. The van der Waals surface area contributed by atoms with Crippen molar-refractivity contribution in [3.8, 4) is 22.8 Å². The molecule has 29 heavy (non-hydrogen) atoms. The third-order valence-electron chi connectivity index (χ3n) is 3.98. The zero-order valence-electron chi connectivity index (χ0n) is 14.6. The average Bonchev–Trinajstić information content (AvgIpc) is 3.15. The van der Waals surface area contributed by atoms with Gasteiger partial charge in [0, 0.05) is 16.5 Å². The highest BCUT2D eigenvalue weighted by molar-refractivity contribution is 7.14. The Hall–Kier alpha value is -3.53. The predicted octanol–water partition coefficient (Wildman–Crippen LogP) is 3.99. The van der Waals surface area contributed by atoms with E-state index >= 15 is 0 Å². The van der Waals surface area contributed by atoms with Gasteiger partial charge in [0.2, 0.25) is 0 Å². The molecule has 0 saturated heterocycles. The van der Waals surface area contributed by atoms with E-state index in [2.05, 4.69) is 20.4 Å². The summed E-state index contributed by atoms with van der Waals surface area (Å²) in [6, 6.07) is 10.9. The van der Waals surface area contributed by atoms with Crippen LogP contribution in [0, 0.1) is 0 Å². The molecule has 10 heteroatoms. The van der Waals surface area contributed by atoms with Gasteiger partial charge in [-0.25, -0.2) is 4.98 Å². The molecule has 2 N–H and O–H groups in total. The van der Waals surface area contributed by atoms with Crippen molar-refractivity contribution in [2.75, 3.05) is 17.2 Å². The number of hydrogen-bond donors (Lipinski definition) is 2. The molecule has 2 aromatic carbocycles. The molecule has 0 atom stereocenters. The van der Waals surface area contributed by atoms with Crippen molar-refractivity contribution in [1.82, 2.24) is 4.98 Å². The van der Waals surface area contributed by atoms with Crippen LogP contribution < -0.4 is 20.1 Å². The molecular weight excluding hydrogens is 404 g/mol. The second-order valence-corrected chi connectivity index (χ2v) is 6.77. The van der Waals surface area contributed by atoms with E-state index < -0.39 is 12.5 Å². The zero-order valence-corrected chi connectivity index (χ0v) is 15.5. The Labute approximate surface area is 167 Å². The maximum atomic E-state index is 12.6. The molecule has 0 aliphatic carbocycles. The number of para-hydroxylation sites is 1. The minimum absolute atomic E-state index is 0.00361. The van der Waals surface area contributed by atoms with Gasteiger partial charge in [-0.15, -0.1) is 11.3 Å². The van der Waals surface area contributed by atoms with Crippen LogP contribution in [0.5, 0.6) is 11.5 Å². The van der Waals surface area contributed by atoms with Crippen LogP contribution in [0.25, 0.3) is 11.3 Å². The lowest BCUT2D eigenvalue weighted by Gasteiger charge is -2.18. The van der Waals surface area contributed by atoms with Gasteiger partial charge < -0.3 is 14.8 Å². The number of anilines is 2. The fourth-order valence-corrected chi connectivity index (χ4v) is 3.43. The highest BCUT2D eigenvalue weighted by Crippen LogP contribution is 2.33. The van der Waals surface area contributed by atoms with Crippen molar-refractivity contribution >= 4 is 34.0 Å². The van der Waals surface area contributed by atoms with Gasteiger partial charge in [-0.05, 0) is 30.3 Å².